The first-order chi connectivity index (χ1) is 4.83. The smallest absolute Gasteiger partial charge is 0.0431 e. The molecule has 0 heterocycles. The van der Waals surface area contributed by atoms with Crippen molar-refractivity contribution in [3.63, 3.8) is 0 Å². The molecule has 0 saturated heterocycles. The van der Waals surface area contributed by atoms with E-state index in [-0.39, 0.29) is 0 Å². The van der Waals surface area contributed by atoms with Crippen molar-refractivity contribution in [3.8, 4) is 0 Å². The Kier molecular flexibility index (Phi) is 19.7. The van der Waals surface area contributed by atoms with Gasteiger partial charge in [0.1, 0.15) is 0 Å². The minimum absolute atomic E-state index is 0.355. The minimum Gasteiger partial charge on any atom is -0.396 e. The lowest BCUT2D eigenvalue weighted by Crippen LogP contribution is -1.78. The summed E-state index contributed by atoms with van der Waals surface area (Å²) in [5, 5.41) is 8.20. The zero-order chi connectivity index (χ0) is 8.24. The fourth-order valence-corrected chi connectivity index (χ4v) is 0.362. The van der Waals surface area contributed by atoms with Gasteiger partial charge in [0.15, 0.2) is 0 Å². The van der Waals surface area contributed by atoms with E-state index in [0.29, 0.717) is 6.61 Å². The molecule has 1 nitrogen and oxygen atoms in total. The van der Waals surface area contributed by atoms with Gasteiger partial charge in [-0.25, -0.2) is 0 Å². The van der Waals surface area contributed by atoms with Crippen molar-refractivity contribution in [1.82, 2.24) is 0 Å². The summed E-state index contributed by atoms with van der Waals surface area (Å²) < 4.78 is 0. The first kappa shape index (κ1) is 12.4. The molecule has 1 heteroatoms. The van der Waals surface area contributed by atoms with Gasteiger partial charge in [0.25, 0.3) is 0 Å². The number of allylic oxidation sites excluding steroid dienone is 2. The summed E-state index contributed by atoms with van der Waals surface area (Å²) in [5.74, 6) is 0. The molecule has 10 heavy (non-hydrogen) atoms. The Morgan fingerprint density at radius 3 is 1.70 bits per heavy atom. The molecule has 0 fully saturated rings. The molecule has 1 N–H and O–H groups in total. The quantitative estimate of drug-likeness (QED) is 0.477. The van der Waals surface area contributed by atoms with Crippen LogP contribution < -0.4 is 0 Å². The Labute approximate surface area is 64.8 Å². The van der Waals surface area contributed by atoms with Crippen molar-refractivity contribution in [2.24, 2.45) is 0 Å². The lowest BCUT2D eigenvalue weighted by Gasteiger charge is -1.85. The summed E-state index contributed by atoms with van der Waals surface area (Å²) in [7, 11) is 0. The second kappa shape index (κ2) is 15.9. The summed E-state index contributed by atoms with van der Waals surface area (Å²) in [6, 6.07) is 0. The maximum atomic E-state index is 8.20. The van der Waals surface area contributed by atoms with E-state index in [2.05, 4.69) is 6.92 Å². The van der Waals surface area contributed by atoms with Crippen LogP contribution in [0.25, 0.3) is 0 Å². The monoisotopic (exact) mass is 144 g/mol. The molecule has 0 spiro atoms. The number of aliphatic hydroxyl groups is 1. The van der Waals surface area contributed by atoms with Gasteiger partial charge in [0.2, 0.25) is 0 Å². The number of hydrogen-bond donors (Lipinski definition) is 1. The third-order valence-corrected chi connectivity index (χ3v) is 1.10. The van der Waals surface area contributed by atoms with Crippen LogP contribution in [0.3, 0.4) is 0 Å². The lowest BCUT2D eigenvalue weighted by molar-refractivity contribution is 0.284. The Morgan fingerprint density at radius 2 is 1.60 bits per heavy atom. The molecule has 62 valence electrons. The molecule has 0 aliphatic carbocycles. The van der Waals surface area contributed by atoms with Crippen LogP contribution in [0.5, 0.6) is 0 Å². The third kappa shape index (κ3) is 25.2. The van der Waals surface area contributed by atoms with Gasteiger partial charge < -0.3 is 5.11 Å². The van der Waals surface area contributed by atoms with Crippen LogP contribution in [0.1, 0.15) is 40.0 Å². The number of aliphatic hydroxyl groups excluding tert-OH is 1. The molecule has 0 aromatic rings. The van der Waals surface area contributed by atoms with Gasteiger partial charge in [-0.15, -0.1) is 0 Å². The molecule has 0 amide bonds. The molecule has 0 aromatic heterocycles. The predicted molar refractivity (Wildman–Crippen MR) is 47.1 cm³/mol. The van der Waals surface area contributed by atoms with E-state index in [4.69, 9.17) is 5.11 Å². The molecule has 0 aromatic carbocycles. The largest absolute Gasteiger partial charge is 0.396 e. The summed E-state index contributed by atoms with van der Waals surface area (Å²) >= 11 is 0. The van der Waals surface area contributed by atoms with E-state index in [0.717, 1.165) is 12.8 Å². The molecule has 0 saturated carbocycles. The fraction of sp³-hybridized carbons (Fsp3) is 0.778. The first-order valence-electron chi connectivity index (χ1n) is 4.01. The van der Waals surface area contributed by atoms with Gasteiger partial charge in [-0.1, -0.05) is 31.9 Å². The van der Waals surface area contributed by atoms with E-state index in [9.17, 15) is 0 Å². The van der Waals surface area contributed by atoms with Crippen LogP contribution >= 0.6 is 0 Å². The normalized spacial score (nSPS) is 9.20. The average molecular weight is 144 g/mol. The highest BCUT2D eigenvalue weighted by Gasteiger charge is 1.76. The van der Waals surface area contributed by atoms with Crippen LogP contribution in [-0.4, -0.2) is 11.7 Å². The van der Waals surface area contributed by atoms with E-state index in [1.54, 1.807) is 0 Å². The molecule has 0 atom stereocenters. The Bertz CT molecular complexity index is 49.7. The minimum atomic E-state index is 0.355. The number of hydrogen-bond acceptors (Lipinski definition) is 1. The number of rotatable bonds is 3. The van der Waals surface area contributed by atoms with Crippen LogP contribution in [0.2, 0.25) is 0 Å². The lowest BCUT2D eigenvalue weighted by atomic mass is 10.3. The second-order valence-electron chi connectivity index (χ2n) is 2.10. The van der Waals surface area contributed by atoms with Crippen LogP contribution in [0.4, 0.5) is 0 Å². The van der Waals surface area contributed by atoms with Crippen LogP contribution in [-0.2, 0) is 0 Å². The van der Waals surface area contributed by atoms with E-state index < -0.39 is 0 Å². The molecule has 0 radical (unpaired) electrons. The molecule has 0 bridgehead atoms. The Hall–Kier alpha value is -0.300. The highest BCUT2D eigenvalue weighted by atomic mass is 16.2. The van der Waals surface area contributed by atoms with Crippen molar-refractivity contribution in [2.75, 3.05) is 6.61 Å². The summed E-state index contributed by atoms with van der Waals surface area (Å²) in [4.78, 5) is 0. The van der Waals surface area contributed by atoms with E-state index in [1.807, 2.05) is 26.0 Å². The predicted octanol–water partition coefficient (Wildman–Crippen LogP) is 2.75. The van der Waals surface area contributed by atoms with Crippen molar-refractivity contribution in [1.29, 1.82) is 0 Å². The zero-order valence-electron chi connectivity index (χ0n) is 7.43. The molecular formula is C9H20O. The van der Waals surface area contributed by atoms with Crippen LogP contribution in [0.15, 0.2) is 12.2 Å². The SMILES string of the molecule is C/C=C/C.CCCCCO. The average Bonchev–Trinajstić information content (AvgIpc) is 2.01. The zero-order valence-corrected chi connectivity index (χ0v) is 7.43. The van der Waals surface area contributed by atoms with Crippen molar-refractivity contribution in [2.45, 2.75) is 40.0 Å². The molecule has 0 rings (SSSR count). The van der Waals surface area contributed by atoms with E-state index in [1.165, 1.54) is 6.42 Å². The second-order valence-corrected chi connectivity index (χ2v) is 2.10. The van der Waals surface area contributed by atoms with Gasteiger partial charge in [0, 0.05) is 6.61 Å². The standard InChI is InChI=1S/C5H12O.C4H8/c1-2-3-4-5-6;1-3-4-2/h6H,2-5H2,1H3;3-4H,1-2H3/b;4-3+. The van der Waals surface area contributed by atoms with E-state index >= 15 is 0 Å². The van der Waals surface area contributed by atoms with Crippen molar-refractivity contribution >= 4 is 0 Å². The summed E-state index contributed by atoms with van der Waals surface area (Å²) in [6.07, 6.45) is 7.33. The van der Waals surface area contributed by atoms with Gasteiger partial charge in [0.05, 0.1) is 0 Å². The van der Waals surface area contributed by atoms with Gasteiger partial charge >= 0.3 is 0 Å². The maximum Gasteiger partial charge on any atom is 0.0431 e. The molecular weight excluding hydrogens is 124 g/mol. The fourth-order valence-electron chi connectivity index (χ4n) is 0.362. The van der Waals surface area contributed by atoms with Gasteiger partial charge in [-0.05, 0) is 20.3 Å². The van der Waals surface area contributed by atoms with Crippen molar-refractivity contribution in [3.05, 3.63) is 12.2 Å². The first-order valence-corrected chi connectivity index (χ1v) is 4.01. The topological polar surface area (TPSA) is 20.2 Å². The number of unbranched alkanes of at least 4 members (excludes halogenated alkanes) is 2. The summed E-state index contributed by atoms with van der Waals surface area (Å²) in [6.45, 7) is 6.48. The highest BCUT2D eigenvalue weighted by Crippen LogP contribution is 1.89. The molecule has 0 unspecified atom stereocenters. The van der Waals surface area contributed by atoms with Gasteiger partial charge in [-0.2, -0.15) is 0 Å². The Balaban J connectivity index is 0. The van der Waals surface area contributed by atoms with Gasteiger partial charge in [-0.3, -0.25) is 0 Å². The maximum absolute atomic E-state index is 8.20. The summed E-state index contributed by atoms with van der Waals surface area (Å²) in [5.41, 5.74) is 0. The highest BCUT2D eigenvalue weighted by molar-refractivity contribution is 4.68. The molecule has 0 aliphatic heterocycles. The third-order valence-electron chi connectivity index (χ3n) is 1.10. The van der Waals surface area contributed by atoms with Crippen molar-refractivity contribution < 1.29 is 5.11 Å². The molecule has 0 aliphatic rings. The van der Waals surface area contributed by atoms with Crippen LogP contribution in [0, 0.1) is 0 Å². The Morgan fingerprint density at radius 1 is 1.10 bits per heavy atom.